The lowest BCUT2D eigenvalue weighted by atomic mass is 9.91. The highest BCUT2D eigenvalue weighted by Crippen LogP contribution is 2.42. The number of carbonyl (C=O) groups is 3. The molecule has 1 aromatic heterocycles. The van der Waals surface area contributed by atoms with Crippen LogP contribution in [-0.2, 0) is 9.59 Å². The van der Waals surface area contributed by atoms with E-state index in [1.54, 1.807) is 43.3 Å². The number of anilines is 1. The third-order valence-corrected chi connectivity index (χ3v) is 8.00. The second-order valence-electron chi connectivity index (χ2n) is 9.58. The number of aromatic carboxylic acids is 1. The summed E-state index contributed by atoms with van der Waals surface area (Å²) in [5, 5.41) is 33.7. The first kappa shape index (κ1) is 29.5. The third-order valence-electron chi connectivity index (χ3n) is 6.69. The van der Waals surface area contributed by atoms with Crippen molar-refractivity contribution in [2.45, 2.75) is 32.8 Å². The average molecular weight is 584 g/mol. The van der Waals surface area contributed by atoms with Gasteiger partial charge in [0.1, 0.15) is 17.2 Å². The van der Waals surface area contributed by atoms with Gasteiger partial charge in [-0.2, -0.15) is 0 Å². The van der Waals surface area contributed by atoms with Gasteiger partial charge in [0.15, 0.2) is 22.6 Å². The number of carbonyl (C=O) groups excluding carboxylic acids is 1. The molecule has 12 nitrogen and oxygen atoms in total. The van der Waals surface area contributed by atoms with Gasteiger partial charge < -0.3 is 25.0 Å². The normalized spacial score (nSPS) is 14.2. The Hall–Kier alpha value is -4.49. The zero-order valence-electron chi connectivity index (χ0n) is 22.4. The number of thiophene rings is 1. The van der Waals surface area contributed by atoms with Crippen molar-refractivity contribution in [1.82, 2.24) is 5.32 Å². The Morgan fingerprint density at radius 2 is 1.80 bits per heavy atom. The van der Waals surface area contributed by atoms with Crippen LogP contribution < -0.4 is 19.8 Å². The Bertz CT molecular complexity index is 1450. The van der Waals surface area contributed by atoms with Crippen LogP contribution in [0.1, 0.15) is 33.6 Å². The fraction of sp³-hybridized carbons (Fsp3) is 0.321. The number of benzene rings is 2. The van der Waals surface area contributed by atoms with Crippen molar-refractivity contribution < 1.29 is 39.1 Å². The molecule has 3 aromatic rings. The maximum Gasteiger partial charge on any atom is 0.349 e. The van der Waals surface area contributed by atoms with Gasteiger partial charge in [-0.3, -0.25) is 4.79 Å². The molecule has 13 heteroatoms. The standard InChI is InChI=1S/C28H29N3O9S/c1-16-6-8-20(9-7-16)30(31(37)38)27(34)24(18-10-12-29-13-11-18)40-21-5-3-4-19(14-21)25-17(2)23(39-15-22(32)33)26(41-25)28(35)36/h3-9,14,18,24,29H,10-13,15H2,1-2H3,(H,32,33)(H,35,36). The number of hydrogen-bond acceptors (Lipinski definition) is 9. The Kier molecular flexibility index (Phi) is 9.20. The van der Waals surface area contributed by atoms with Crippen molar-refractivity contribution in [1.29, 1.82) is 0 Å². The number of ether oxygens (including phenoxy) is 2. The molecule has 216 valence electrons. The number of hydrazine groups is 1. The van der Waals surface area contributed by atoms with Gasteiger partial charge in [-0.15, -0.1) is 11.3 Å². The first-order chi connectivity index (χ1) is 19.6. The molecule has 0 bridgehead atoms. The van der Waals surface area contributed by atoms with Gasteiger partial charge in [0.2, 0.25) is 0 Å². The highest BCUT2D eigenvalue weighted by Gasteiger charge is 2.40. The molecular formula is C28H29N3O9S. The van der Waals surface area contributed by atoms with Gasteiger partial charge in [0.25, 0.3) is 0 Å². The summed E-state index contributed by atoms with van der Waals surface area (Å²) in [6, 6.07) is 13.0. The Morgan fingerprint density at radius 3 is 2.41 bits per heavy atom. The van der Waals surface area contributed by atoms with E-state index in [9.17, 15) is 29.6 Å². The smallest absolute Gasteiger partial charge is 0.349 e. The number of nitrogens with one attached hydrogen (secondary N) is 1. The van der Waals surface area contributed by atoms with Crippen LogP contribution in [0.15, 0.2) is 48.5 Å². The Labute approximate surface area is 239 Å². The Morgan fingerprint density at radius 1 is 1.12 bits per heavy atom. The van der Waals surface area contributed by atoms with Gasteiger partial charge in [-0.1, -0.05) is 29.8 Å². The van der Waals surface area contributed by atoms with Crippen molar-refractivity contribution in [2.24, 2.45) is 5.92 Å². The molecule has 0 radical (unpaired) electrons. The number of rotatable bonds is 11. The van der Waals surface area contributed by atoms with Crippen LogP contribution in [0.3, 0.4) is 0 Å². The van der Waals surface area contributed by atoms with E-state index in [1.807, 2.05) is 6.92 Å². The van der Waals surface area contributed by atoms with E-state index in [4.69, 9.17) is 14.6 Å². The fourth-order valence-electron chi connectivity index (χ4n) is 4.68. The van der Waals surface area contributed by atoms with Crippen molar-refractivity contribution in [3.63, 3.8) is 0 Å². The van der Waals surface area contributed by atoms with E-state index in [0.29, 0.717) is 46.9 Å². The van der Waals surface area contributed by atoms with E-state index in [2.05, 4.69) is 5.32 Å². The molecule has 1 aliphatic heterocycles. The van der Waals surface area contributed by atoms with Crippen molar-refractivity contribution in [3.05, 3.63) is 74.6 Å². The molecule has 0 aliphatic carbocycles. The number of amides is 1. The average Bonchev–Trinajstić information content (AvgIpc) is 3.28. The lowest BCUT2D eigenvalue weighted by Crippen LogP contribution is -2.50. The van der Waals surface area contributed by atoms with Crippen LogP contribution in [-0.4, -0.2) is 58.9 Å². The first-order valence-corrected chi connectivity index (χ1v) is 13.6. The van der Waals surface area contributed by atoms with Gasteiger partial charge in [0.05, 0.1) is 0 Å². The second kappa shape index (κ2) is 12.8. The predicted molar refractivity (Wildman–Crippen MR) is 150 cm³/mol. The molecule has 1 saturated heterocycles. The third kappa shape index (κ3) is 6.81. The fourth-order valence-corrected chi connectivity index (χ4v) is 5.77. The van der Waals surface area contributed by atoms with Crippen LogP contribution >= 0.6 is 11.3 Å². The molecule has 1 fully saturated rings. The summed E-state index contributed by atoms with van der Waals surface area (Å²) in [6.07, 6.45) is -0.00924. The lowest BCUT2D eigenvalue weighted by molar-refractivity contribution is -0.484. The minimum absolute atomic E-state index is 0.0336. The molecule has 1 amide bonds. The topological polar surface area (TPSA) is 169 Å². The summed E-state index contributed by atoms with van der Waals surface area (Å²) in [5.74, 6) is -3.37. The van der Waals surface area contributed by atoms with Gasteiger partial charge in [-0.05, 0) is 74.6 Å². The van der Waals surface area contributed by atoms with Crippen LogP contribution in [0.25, 0.3) is 10.4 Å². The van der Waals surface area contributed by atoms with Crippen LogP contribution in [0.4, 0.5) is 5.69 Å². The maximum atomic E-state index is 13.7. The molecule has 3 N–H and O–H groups in total. The number of nitro groups is 1. The van der Waals surface area contributed by atoms with Gasteiger partial charge in [-0.25, -0.2) is 19.7 Å². The zero-order valence-corrected chi connectivity index (χ0v) is 23.2. The van der Waals surface area contributed by atoms with Crippen molar-refractivity contribution in [2.75, 3.05) is 24.7 Å². The Balaban J connectivity index is 1.69. The molecule has 2 aromatic carbocycles. The van der Waals surface area contributed by atoms with Gasteiger partial charge in [0, 0.05) is 16.4 Å². The van der Waals surface area contributed by atoms with Crippen LogP contribution in [0.5, 0.6) is 11.5 Å². The van der Waals surface area contributed by atoms with E-state index in [1.165, 1.54) is 12.1 Å². The largest absolute Gasteiger partial charge is 0.480 e. The summed E-state index contributed by atoms with van der Waals surface area (Å²) in [5.41, 5.74) is 2.00. The summed E-state index contributed by atoms with van der Waals surface area (Å²) in [6.45, 7) is 4.03. The number of aryl methyl sites for hydroxylation is 1. The molecular weight excluding hydrogens is 554 g/mol. The molecule has 1 aliphatic rings. The summed E-state index contributed by atoms with van der Waals surface area (Å²) in [4.78, 5) is 49.0. The van der Waals surface area contributed by atoms with Gasteiger partial charge >= 0.3 is 17.8 Å². The zero-order chi connectivity index (χ0) is 29.7. The van der Waals surface area contributed by atoms with Crippen LogP contribution in [0, 0.1) is 29.9 Å². The number of carboxylic acid groups (broad SMARTS) is 2. The minimum atomic E-state index is -1.26. The molecule has 1 unspecified atom stereocenters. The van der Waals surface area contributed by atoms with Crippen LogP contribution in [0.2, 0.25) is 0 Å². The number of aliphatic carboxylic acids is 1. The van der Waals surface area contributed by atoms with E-state index < -0.39 is 35.6 Å². The molecule has 0 saturated carbocycles. The summed E-state index contributed by atoms with van der Waals surface area (Å²) < 4.78 is 11.5. The maximum absolute atomic E-state index is 13.7. The first-order valence-electron chi connectivity index (χ1n) is 12.8. The minimum Gasteiger partial charge on any atom is -0.480 e. The number of hydrogen-bond donors (Lipinski definition) is 3. The van der Waals surface area contributed by atoms with E-state index in [0.717, 1.165) is 16.9 Å². The number of carboxylic acids is 2. The van der Waals surface area contributed by atoms with Crippen molar-refractivity contribution in [3.8, 4) is 21.9 Å². The lowest BCUT2D eigenvalue weighted by Gasteiger charge is -2.31. The highest BCUT2D eigenvalue weighted by atomic mass is 32.1. The second-order valence-corrected chi connectivity index (χ2v) is 10.6. The molecule has 0 spiro atoms. The molecule has 1 atom stereocenters. The molecule has 4 rings (SSSR count). The SMILES string of the molecule is Cc1ccc(N(C(=O)C(Oc2cccc(-c3sc(C(=O)O)c(OCC(=O)O)c3C)c2)C2CCNCC2)[N+](=O)[O-])cc1. The molecule has 41 heavy (non-hydrogen) atoms. The summed E-state index contributed by atoms with van der Waals surface area (Å²) >= 11 is 0.922. The van der Waals surface area contributed by atoms with Crippen molar-refractivity contribution >= 4 is 34.9 Å². The van der Waals surface area contributed by atoms with E-state index in [-0.39, 0.29) is 28.0 Å². The molecule has 2 heterocycles. The summed E-state index contributed by atoms with van der Waals surface area (Å²) in [7, 11) is 0. The number of piperidine rings is 1. The number of nitrogens with zero attached hydrogens (tertiary/aromatic N) is 2. The predicted octanol–water partition coefficient (Wildman–Crippen LogP) is 4.17. The van der Waals surface area contributed by atoms with E-state index >= 15 is 0 Å². The highest BCUT2D eigenvalue weighted by molar-refractivity contribution is 7.18. The quantitative estimate of drug-likeness (QED) is 0.220. The monoisotopic (exact) mass is 583 g/mol.